The summed E-state index contributed by atoms with van der Waals surface area (Å²) >= 11 is 0. The number of ether oxygens (including phenoxy) is 1. The highest BCUT2D eigenvalue weighted by Gasteiger charge is 2.15. The minimum absolute atomic E-state index is 0.0657. The number of fused-ring (bicyclic) bond motifs is 1. The van der Waals surface area contributed by atoms with E-state index < -0.39 is 6.10 Å². The SMILES string of the molecule is CC(C)(C)NC[C@H](O)COc1cccc2[nH]c(C(=O)NCCCCCCCCO)cc12. The zero-order valence-electron chi connectivity index (χ0n) is 19.2. The molecular formula is C24H39N3O4. The molecule has 0 aliphatic rings. The third-order valence-electron chi connectivity index (χ3n) is 5.04. The topological polar surface area (TPSA) is 107 Å². The smallest absolute Gasteiger partial charge is 0.267 e. The van der Waals surface area contributed by atoms with Crippen molar-refractivity contribution in [2.45, 2.75) is 70.9 Å². The van der Waals surface area contributed by atoms with Gasteiger partial charge in [0.05, 0.1) is 0 Å². The largest absolute Gasteiger partial charge is 0.490 e. The number of β-amino-alcohol motifs (C(OH)–C–C–N with tert-alkyl or cyclic N) is 1. The van der Waals surface area contributed by atoms with Crippen molar-refractivity contribution in [1.82, 2.24) is 15.6 Å². The number of unbranched alkanes of at least 4 members (excludes halogenated alkanes) is 5. The van der Waals surface area contributed by atoms with Crippen LogP contribution in [0.15, 0.2) is 24.3 Å². The molecule has 174 valence electrons. The van der Waals surface area contributed by atoms with Crippen LogP contribution in [0.3, 0.4) is 0 Å². The normalized spacial score (nSPS) is 12.8. The van der Waals surface area contributed by atoms with E-state index in [1.165, 1.54) is 0 Å². The molecule has 0 bridgehead atoms. The predicted molar refractivity (Wildman–Crippen MR) is 125 cm³/mol. The fourth-order valence-electron chi connectivity index (χ4n) is 3.29. The van der Waals surface area contributed by atoms with Crippen LogP contribution in [0.1, 0.15) is 69.8 Å². The van der Waals surface area contributed by atoms with Crippen molar-refractivity contribution in [2.75, 3.05) is 26.3 Å². The minimum Gasteiger partial charge on any atom is -0.490 e. The molecule has 2 rings (SSSR count). The Morgan fingerprint density at radius 3 is 2.55 bits per heavy atom. The number of carbonyl (C=O) groups is 1. The van der Waals surface area contributed by atoms with Gasteiger partial charge in [-0.2, -0.15) is 0 Å². The van der Waals surface area contributed by atoms with Gasteiger partial charge in [0.15, 0.2) is 0 Å². The van der Waals surface area contributed by atoms with E-state index in [-0.39, 0.29) is 24.7 Å². The van der Waals surface area contributed by atoms with E-state index >= 15 is 0 Å². The number of aliphatic hydroxyl groups excluding tert-OH is 2. The van der Waals surface area contributed by atoms with Crippen LogP contribution in [0.5, 0.6) is 5.75 Å². The molecule has 0 aliphatic heterocycles. The molecule has 0 radical (unpaired) electrons. The van der Waals surface area contributed by atoms with Crippen molar-refractivity contribution in [3.05, 3.63) is 30.0 Å². The monoisotopic (exact) mass is 433 g/mol. The van der Waals surface area contributed by atoms with E-state index in [4.69, 9.17) is 9.84 Å². The first-order valence-electron chi connectivity index (χ1n) is 11.4. The molecule has 1 heterocycles. The van der Waals surface area contributed by atoms with E-state index in [2.05, 4.69) is 15.6 Å². The lowest BCUT2D eigenvalue weighted by molar-refractivity contribution is 0.0948. The number of benzene rings is 1. The maximum atomic E-state index is 12.5. The van der Waals surface area contributed by atoms with Gasteiger partial charge in [-0.1, -0.05) is 31.7 Å². The molecule has 7 heteroatoms. The molecule has 0 fully saturated rings. The lowest BCUT2D eigenvalue weighted by Crippen LogP contribution is -2.42. The number of aliphatic hydroxyl groups is 2. The Hall–Kier alpha value is -2.09. The van der Waals surface area contributed by atoms with Gasteiger partial charge in [0.2, 0.25) is 0 Å². The second kappa shape index (κ2) is 12.7. The first-order valence-corrected chi connectivity index (χ1v) is 11.4. The molecule has 0 unspecified atom stereocenters. The van der Waals surface area contributed by atoms with Gasteiger partial charge in [-0.05, 0) is 51.8 Å². The predicted octanol–water partition coefficient (Wildman–Crippen LogP) is 3.36. The van der Waals surface area contributed by atoms with Gasteiger partial charge in [-0.25, -0.2) is 0 Å². The van der Waals surface area contributed by atoms with Crippen molar-refractivity contribution in [2.24, 2.45) is 0 Å². The lowest BCUT2D eigenvalue weighted by atomic mass is 10.1. The quantitative estimate of drug-likeness (QED) is 0.294. The van der Waals surface area contributed by atoms with Gasteiger partial charge >= 0.3 is 0 Å². The number of aromatic nitrogens is 1. The van der Waals surface area contributed by atoms with Crippen LogP contribution in [0, 0.1) is 0 Å². The Morgan fingerprint density at radius 2 is 1.84 bits per heavy atom. The summed E-state index contributed by atoms with van der Waals surface area (Å²) in [5, 5.41) is 26.0. The van der Waals surface area contributed by atoms with E-state index in [0.717, 1.165) is 49.4 Å². The van der Waals surface area contributed by atoms with Crippen LogP contribution in [-0.2, 0) is 0 Å². The van der Waals surface area contributed by atoms with E-state index in [9.17, 15) is 9.90 Å². The van der Waals surface area contributed by atoms with Crippen LogP contribution < -0.4 is 15.4 Å². The maximum Gasteiger partial charge on any atom is 0.267 e. The average Bonchev–Trinajstić information content (AvgIpc) is 3.17. The number of amides is 1. The summed E-state index contributed by atoms with van der Waals surface area (Å²) in [7, 11) is 0. The van der Waals surface area contributed by atoms with Gasteiger partial charge < -0.3 is 30.6 Å². The average molecular weight is 434 g/mol. The maximum absolute atomic E-state index is 12.5. The van der Waals surface area contributed by atoms with Gasteiger partial charge in [0.1, 0.15) is 24.2 Å². The molecular weight excluding hydrogens is 394 g/mol. The molecule has 1 atom stereocenters. The van der Waals surface area contributed by atoms with Crippen molar-refractivity contribution in [1.29, 1.82) is 0 Å². The minimum atomic E-state index is -0.625. The molecule has 31 heavy (non-hydrogen) atoms. The highest BCUT2D eigenvalue weighted by atomic mass is 16.5. The van der Waals surface area contributed by atoms with Gasteiger partial charge in [-0.3, -0.25) is 4.79 Å². The van der Waals surface area contributed by atoms with Crippen LogP contribution in [-0.4, -0.2) is 59.1 Å². The third kappa shape index (κ3) is 9.29. The summed E-state index contributed by atoms with van der Waals surface area (Å²) in [5.74, 6) is 0.516. The molecule has 2 aromatic rings. The van der Waals surface area contributed by atoms with Crippen LogP contribution in [0.25, 0.3) is 10.9 Å². The second-order valence-corrected chi connectivity index (χ2v) is 9.10. The molecule has 0 spiro atoms. The van der Waals surface area contributed by atoms with Gasteiger partial charge in [-0.15, -0.1) is 0 Å². The Bertz CT molecular complexity index is 798. The van der Waals surface area contributed by atoms with E-state index in [1.54, 1.807) is 6.07 Å². The standard InChI is InChI=1S/C24H39N3O4/c1-24(2,3)26-16-18(29)17-31-22-12-10-11-20-19(22)15-21(27-20)23(30)25-13-8-6-4-5-7-9-14-28/h10-12,15,18,26-29H,4-9,13-14,16-17H2,1-3H3,(H,25,30)/t18-/m0/s1. The summed E-state index contributed by atoms with van der Waals surface area (Å²) in [4.78, 5) is 15.6. The van der Waals surface area contributed by atoms with E-state index in [0.29, 0.717) is 24.5 Å². The Balaban J connectivity index is 1.82. The summed E-state index contributed by atoms with van der Waals surface area (Å²) in [6.07, 6.45) is 5.57. The number of aromatic amines is 1. The van der Waals surface area contributed by atoms with Crippen molar-refractivity contribution in [3.8, 4) is 5.75 Å². The van der Waals surface area contributed by atoms with Crippen LogP contribution in [0.2, 0.25) is 0 Å². The number of rotatable bonds is 14. The Morgan fingerprint density at radius 1 is 1.13 bits per heavy atom. The molecule has 1 aromatic carbocycles. The molecule has 7 nitrogen and oxygen atoms in total. The highest BCUT2D eigenvalue weighted by molar-refractivity contribution is 5.99. The number of hydrogen-bond donors (Lipinski definition) is 5. The Kier molecular flexibility index (Phi) is 10.3. The molecule has 0 aliphatic carbocycles. The zero-order valence-corrected chi connectivity index (χ0v) is 19.2. The van der Waals surface area contributed by atoms with E-state index in [1.807, 2.05) is 39.0 Å². The fourth-order valence-corrected chi connectivity index (χ4v) is 3.29. The fraction of sp³-hybridized carbons (Fsp3) is 0.625. The van der Waals surface area contributed by atoms with Crippen molar-refractivity contribution >= 4 is 16.8 Å². The molecule has 1 aromatic heterocycles. The number of hydrogen-bond acceptors (Lipinski definition) is 5. The van der Waals surface area contributed by atoms with Crippen molar-refractivity contribution < 1.29 is 19.7 Å². The summed E-state index contributed by atoms with van der Waals surface area (Å²) in [6.45, 7) is 7.68. The molecule has 1 amide bonds. The number of carbonyl (C=O) groups excluding carboxylic acids is 1. The Labute approximate surface area is 185 Å². The summed E-state index contributed by atoms with van der Waals surface area (Å²) in [5.41, 5.74) is 1.27. The van der Waals surface area contributed by atoms with Gasteiger partial charge in [0, 0.05) is 36.1 Å². The second-order valence-electron chi connectivity index (χ2n) is 9.10. The summed E-state index contributed by atoms with van der Waals surface area (Å²) < 4.78 is 5.84. The van der Waals surface area contributed by atoms with Crippen molar-refractivity contribution in [3.63, 3.8) is 0 Å². The molecule has 5 N–H and O–H groups in total. The zero-order chi connectivity index (χ0) is 22.7. The molecule has 0 saturated carbocycles. The lowest BCUT2D eigenvalue weighted by Gasteiger charge is -2.23. The van der Waals surface area contributed by atoms with Crippen LogP contribution >= 0.6 is 0 Å². The first kappa shape index (κ1) is 25.2. The molecule has 0 saturated heterocycles. The first-order chi connectivity index (χ1) is 14.8. The number of nitrogens with one attached hydrogen (secondary N) is 3. The summed E-state index contributed by atoms with van der Waals surface area (Å²) in [6, 6.07) is 7.42. The highest BCUT2D eigenvalue weighted by Crippen LogP contribution is 2.26. The van der Waals surface area contributed by atoms with Gasteiger partial charge in [0.25, 0.3) is 5.91 Å². The van der Waals surface area contributed by atoms with Crippen LogP contribution in [0.4, 0.5) is 0 Å². The number of H-pyrrole nitrogens is 1. The third-order valence-corrected chi connectivity index (χ3v) is 5.04.